The first-order valence-corrected chi connectivity index (χ1v) is 8.44. The van der Waals surface area contributed by atoms with Crippen LogP contribution in [0.5, 0.6) is 0 Å². The van der Waals surface area contributed by atoms with Crippen molar-refractivity contribution in [2.75, 3.05) is 4.72 Å². The average molecular weight is 311 g/mol. The highest BCUT2D eigenvalue weighted by Crippen LogP contribution is 2.20. The summed E-state index contributed by atoms with van der Waals surface area (Å²) in [5.74, 6) is 0.460. The van der Waals surface area contributed by atoms with Crippen LogP contribution in [-0.4, -0.2) is 28.0 Å². The lowest BCUT2D eigenvalue weighted by Gasteiger charge is -2.14. The highest BCUT2D eigenvalue weighted by atomic mass is 32.2. The second-order valence-electron chi connectivity index (χ2n) is 5.27. The molecule has 0 amide bonds. The third-order valence-electron chi connectivity index (χ3n) is 3.33. The van der Waals surface area contributed by atoms with Crippen LogP contribution < -0.4 is 4.72 Å². The normalized spacial score (nSPS) is 13.6. The van der Waals surface area contributed by atoms with Gasteiger partial charge in [0, 0.05) is 18.3 Å². The lowest BCUT2D eigenvalue weighted by molar-refractivity contribution is 0.484. The van der Waals surface area contributed by atoms with E-state index in [1.165, 1.54) is 12.4 Å². The fraction of sp³-hybridized carbons (Fsp3) is 0.538. The molecule has 2 rings (SSSR count). The molecule has 0 aromatic carbocycles. The molecule has 1 unspecified atom stereocenters. The van der Waals surface area contributed by atoms with Crippen molar-refractivity contribution in [2.45, 2.75) is 51.1 Å². The molecule has 0 bridgehead atoms. The number of nitrogens with zero attached hydrogens (tertiary/aromatic N) is 4. The SMILES string of the molecule is CCC(C)n1nccc1NS(=O)(=O)c1cnn(C(C)C)c1. The van der Waals surface area contributed by atoms with Gasteiger partial charge in [-0.1, -0.05) is 6.92 Å². The van der Waals surface area contributed by atoms with E-state index < -0.39 is 10.0 Å². The van der Waals surface area contributed by atoms with Crippen molar-refractivity contribution in [1.82, 2.24) is 19.6 Å². The summed E-state index contributed by atoms with van der Waals surface area (Å²) in [6.07, 6.45) is 5.33. The number of sulfonamides is 1. The monoisotopic (exact) mass is 311 g/mol. The van der Waals surface area contributed by atoms with Crippen LogP contribution in [0.15, 0.2) is 29.6 Å². The Hall–Kier alpha value is -1.83. The van der Waals surface area contributed by atoms with Crippen molar-refractivity contribution < 1.29 is 8.42 Å². The van der Waals surface area contributed by atoms with Gasteiger partial charge in [0.1, 0.15) is 10.7 Å². The Bertz CT molecular complexity index is 702. The van der Waals surface area contributed by atoms with Crippen molar-refractivity contribution in [3.63, 3.8) is 0 Å². The van der Waals surface area contributed by atoms with Crippen LogP contribution in [0.2, 0.25) is 0 Å². The third kappa shape index (κ3) is 3.26. The summed E-state index contributed by atoms with van der Waals surface area (Å²) in [5, 5.41) is 8.23. The van der Waals surface area contributed by atoms with Gasteiger partial charge in [-0.25, -0.2) is 13.1 Å². The molecule has 0 radical (unpaired) electrons. The first-order chi connectivity index (χ1) is 9.85. The Kier molecular flexibility index (Phi) is 4.36. The summed E-state index contributed by atoms with van der Waals surface area (Å²) >= 11 is 0. The molecular formula is C13H21N5O2S. The molecule has 7 nitrogen and oxygen atoms in total. The Labute approximate surface area is 125 Å². The van der Waals surface area contributed by atoms with Crippen molar-refractivity contribution in [3.8, 4) is 0 Å². The maximum atomic E-state index is 12.4. The molecule has 0 saturated carbocycles. The predicted molar refractivity (Wildman–Crippen MR) is 80.6 cm³/mol. The van der Waals surface area contributed by atoms with E-state index in [2.05, 4.69) is 14.9 Å². The van der Waals surface area contributed by atoms with Gasteiger partial charge in [0.2, 0.25) is 0 Å². The van der Waals surface area contributed by atoms with Crippen molar-refractivity contribution in [2.24, 2.45) is 0 Å². The van der Waals surface area contributed by atoms with E-state index in [1.54, 1.807) is 21.6 Å². The van der Waals surface area contributed by atoms with Gasteiger partial charge < -0.3 is 0 Å². The molecular weight excluding hydrogens is 290 g/mol. The minimum atomic E-state index is -3.65. The van der Waals surface area contributed by atoms with E-state index in [9.17, 15) is 8.42 Å². The Balaban J connectivity index is 2.27. The lowest BCUT2D eigenvalue weighted by atomic mass is 10.3. The second-order valence-corrected chi connectivity index (χ2v) is 6.96. The van der Waals surface area contributed by atoms with E-state index in [4.69, 9.17) is 0 Å². The zero-order chi connectivity index (χ0) is 15.6. The summed E-state index contributed by atoms with van der Waals surface area (Å²) in [7, 11) is -3.65. The molecule has 0 fully saturated rings. The number of aromatic nitrogens is 4. The molecule has 0 spiro atoms. The molecule has 0 aliphatic rings. The number of hydrogen-bond acceptors (Lipinski definition) is 4. The summed E-state index contributed by atoms with van der Waals surface area (Å²) < 4.78 is 30.6. The van der Waals surface area contributed by atoms with Crippen molar-refractivity contribution in [3.05, 3.63) is 24.7 Å². The van der Waals surface area contributed by atoms with E-state index in [-0.39, 0.29) is 17.0 Å². The van der Waals surface area contributed by atoms with Gasteiger partial charge >= 0.3 is 0 Å². The molecule has 8 heteroatoms. The fourth-order valence-corrected chi connectivity index (χ4v) is 2.85. The Morgan fingerprint density at radius 3 is 2.57 bits per heavy atom. The fourth-order valence-electron chi connectivity index (χ4n) is 1.86. The largest absolute Gasteiger partial charge is 0.269 e. The van der Waals surface area contributed by atoms with Crippen LogP contribution in [0.1, 0.15) is 46.2 Å². The summed E-state index contributed by atoms with van der Waals surface area (Å²) in [6, 6.07) is 1.88. The van der Waals surface area contributed by atoms with Crippen LogP contribution >= 0.6 is 0 Å². The smallest absolute Gasteiger partial charge is 0.266 e. The van der Waals surface area contributed by atoms with Gasteiger partial charge in [-0.2, -0.15) is 10.2 Å². The molecule has 21 heavy (non-hydrogen) atoms. The van der Waals surface area contributed by atoms with E-state index >= 15 is 0 Å². The van der Waals surface area contributed by atoms with Gasteiger partial charge in [-0.3, -0.25) is 9.40 Å². The highest BCUT2D eigenvalue weighted by molar-refractivity contribution is 7.92. The molecule has 2 aromatic heterocycles. The zero-order valence-corrected chi connectivity index (χ0v) is 13.5. The lowest BCUT2D eigenvalue weighted by Crippen LogP contribution is -2.17. The Morgan fingerprint density at radius 1 is 1.29 bits per heavy atom. The number of hydrogen-bond donors (Lipinski definition) is 1. The van der Waals surface area contributed by atoms with E-state index in [0.717, 1.165) is 6.42 Å². The third-order valence-corrected chi connectivity index (χ3v) is 4.64. The quantitative estimate of drug-likeness (QED) is 0.888. The molecule has 0 aliphatic heterocycles. The summed E-state index contributed by atoms with van der Waals surface area (Å²) in [5.41, 5.74) is 0. The second kappa shape index (κ2) is 5.88. The van der Waals surface area contributed by atoms with Crippen LogP contribution in [0, 0.1) is 0 Å². The van der Waals surface area contributed by atoms with E-state index in [0.29, 0.717) is 5.82 Å². The molecule has 0 saturated heterocycles. The molecule has 1 N–H and O–H groups in total. The number of rotatable bonds is 6. The minimum absolute atomic E-state index is 0.111. The summed E-state index contributed by atoms with van der Waals surface area (Å²) in [6.45, 7) is 7.89. The first-order valence-electron chi connectivity index (χ1n) is 6.95. The predicted octanol–water partition coefficient (Wildman–Crippen LogP) is 2.43. The molecule has 1 atom stereocenters. The summed E-state index contributed by atoms with van der Waals surface area (Å²) in [4.78, 5) is 0.146. The average Bonchev–Trinajstić information content (AvgIpc) is 3.05. The van der Waals surface area contributed by atoms with Crippen LogP contribution in [-0.2, 0) is 10.0 Å². The molecule has 2 heterocycles. The molecule has 116 valence electrons. The first kappa shape index (κ1) is 15.6. The Morgan fingerprint density at radius 2 is 2.00 bits per heavy atom. The van der Waals surface area contributed by atoms with Gasteiger partial charge in [-0.15, -0.1) is 0 Å². The van der Waals surface area contributed by atoms with Gasteiger partial charge in [0.05, 0.1) is 18.4 Å². The molecule has 2 aromatic rings. The number of nitrogens with one attached hydrogen (secondary N) is 1. The molecule has 0 aliphatic carbocycles. The van der Waals surface area contributed by atoms with Gasteiger partial charge in [0.15, 0.2) is 0 Å². The zero-order valence-electron chi connectivity index (χ0n) is 12.7. The standard InChI is InChI=1S/C13H21N5O2S/c1-5-11(4)18-13(6-7-14-18)16-21(19,20)12-8-15-17(9-12)10(2)3/h6-11,16H,5H2,1-4H3. The minimum Gasteiger partial charge on any atom is -0.269 e. The van der Waals surface area contributed by atoms with Crippen LogP contribution in [0.3, 0.4) is 0 Å². The van der Waals surface area contributed by atoms with Gasteiger partial charge in [0.25, 0.3) is 10.0 Å². The van der Waals surface area contributed by atoms with Crippen LogP contribution in [0.4, 0.5) is 5.82 Å². The van der Waals surface area contributed by atoms with Gasteiger partial charge in [-0.05, 0) is 27.2 Å². The van der Waals surface area contributed by atoms with Crippen LogP contribution in [0.25, 0.3) is 0 Å². The van der Waals surface area contributed by atoms with Crippen molar-refractivity contribution in [1.29, 1.82) is 0 Å². The highest BCUT2D eigenvalue weighted by Gasteiger charge is 2.20. The maximum Gasteiger partial charge on any atom is 0.266 e. The topological polar surface area (TPSA) is 81.8 Å². The maximum absolute atomic E-state index is 12.4. The van der Waals surface area contributed by atoms with E-state index in [1.807, 2.05) is 27.7 Å². The number of anilines is 1. The van der Waals surface area contributed by atoms with Crippen molar-refractivity contribution >= 4 is 15.8 Å².